The highest BCUT2D eigenvalue weighted by Crippen LogP contribution is 2.47. The van der Waals surface area contributed by atoms with Crippen molar-refractivity contribution < 1.29 is 18.6 Å². The molecule has 0 spiro atoms. The number of unbranched alkanes of at least 4 members (excludes halogenated alkanes) is 2. The van der Waals surface area contributed by atoms with Crippen molar-refractivity contribution in [2.75, 3.05) is 40.0 Å². The molecular formula is C19H39N3O3P+. The molecule has 26 heavy (non-hydrogen) atoms. The van der Waals surface area contributed by atoms with Crippen molar-refractivity contribution in [2.24, 2.45) is 0 Å². The van der Waals surface area contributed by atoms with Crippen LogP contribution in [-0.4, -0.2) is 62.2 Å². The first-order chi connectivity index (χ1) is 12.2. The van der Waals surface area contributed by atoms with E-state index in [-0.39, 0.29) is 11.8 Å². The number of hydrogen-bond donors (Lipinski definition) is 2. The number of likely N-dealkylation sites (N-methyl/N-ethyl adjacent to an activating group) is 1. The summed E-state index contributed by atoms with van der Waals surface area (Å²) in [7, 11) is 5.54. The molecule has 1 saturated heterocycles. The van der Waals surface area contributed by atoms with Gasteiger partial charge in [0.05, 0.1) is 21.1 Å². The number of hydrogen-bond acceptors (Lipinski definition) is 3. The summed E-state index contributed by atoms with van der Waals surface area (Å²) in [6, 6.07) is 0. The van der Waals surface area contributed by atoms with E-state index in [1.807, 2.05) is 0 Å². The topological polar surface area (TPSA) is 67.4 Å². The largest absolute Gasteiger partial charge is 0.325 e. The summed E-state index contributed by atoms with van der Waals surface area (Å²) in [6.07, 6.45) is 8.95. The summed E-state index contributed by atoms with van der Waals surface area (Å²) in [5.41, 5.74) is 0. The molecule has 0 unspecified atom stereocenters. The lowest BCUT2D eigenvalue weighted by atomic mass is 10.2. The molecule has 0 bridgehead atoms. The predicted octanol–water partition coefficient (Wildman–Crippen LogP) is 3.17. The van der Waals surface area contributed by atoms with Crippen LogP contribution >= 0.6 is 8.15 Å². The minimum absolute atomic E-state index is 0.0507. The molecule has 1 fully saturated rings. The normalized spacial score (nSPS) is 15.9. The van der Waals surface area contributed by atoms with Gasteiger partial charge in [0, 0.05) is 21.0 Å². The van der Waals surface area contributed by atoms with Crippen LogP contribution in [0.1, 0.15) is 65.2 Å². The number of amides is 2. The fraction of sp³-hybridized carbons (Fsp3) is 0.895. The second-order valence-corrected chi connectivity index (χ2v) is 10.3. The van der Waals surface area contributed by atoms with Crippen LogP contribution in [0.3, 0.4) is 0 Å². The van der Waals surface area contributed by atoms with Crippen LogP contribution in [-0.2, 0) is 14.1 Å². The van der Waals surface area contributed by atoms with Gasteiger partial charge >= 0.3 is 0 Å². The standard InChI is InChI=1S/C19H38N3O3P/c1-6-8-12-17(23)20-19(16-22(3,4)5,21-18(24)13-9-7-2)25-26-14-10-11-15-26/h6-16H2,1-5H3,(H-,20,21,23,24)/p+1. The monoisotopic (exact) mass is 388 g/mol. The van der Waals surface area contributed by atoms with Gasteiger partial charge in [0.25, 0.3) is 5.85 Å². The van der Waals surface area contributed by atoms with E-state index in [9.17, 15) is 9.59 Å². The number of nitrogens with zero attached hydrogens (tertiary/aromatic N) is 1. The third kappa shape index (κ3) is 9.29. The van der Waals surface area contributed by atoms with Gasteiger partial charge in [0.2, 0.25) is 11.8 Å². The fourth-order valence-electron chi connectivity index (χ4n) is 3.10. The quantitative estimate of drug-likeness (QED) is 0.307. The highest BCUT2D eigenvalue weighted by molar-refractivity contribution is 7.52. The van der Waals surface area contributed by atoms with Crippen LogP contribution in [0.25, 0.3) is 0 Å². The Kier molecular flexibility index (Phi) is 10.1. The van der Waals surface area contributed by atoms with Gasteiger partial charge in [-0.05, 0) is 38.0 Å². The van der Waals surface area contributed by atoms with Gasteiger partial charge in [-0.2, -0.15) is 0 Å². The molecule has 0 radical (unpaired) electrons. The molecular weight excluding hydrogens is 349 g/mol. The third-order valence-electron chi connectivity index (χ3n) is 4.24. The molecule has 6 nitrogen and oxygen atoms in total. The van der Waals surface area contributed by atoms with Crippen LogP contribution in [0.15, 0.2) is 0 Å². The molecule has 1 rings (SSSR count). The van der Waals surface area contributed by atoms with Crippen molar-refractivity contribution >= 4 is 20.0 Å². The van der Waals surface area contributed by atoms with Crippen LogP contribution in [0.5, 0.6) is 0 Å². The maximum absolute atomic E-state index is 12.5. The highest BCUT2D eigenvalue weighted by Gasteiger charge is 2.43. The van der Waals surface area contributed by atoms with Crippen molar-refractivity contribution in [1.82, 2.24) is 10.6 Å². The summed E-state index contributed by atoms with van der Waals surface area (Å²) in [5.74, 6) is -1.21. The van der Waals surface area contributed by atoms with Gasteiger partial charge in [0.1, 0.15) is 6.54 Å². The van der Waals surface area contributed by atoms with Gasteiger partial charge in [-0.1, -0.05) is 26.7 Å². The molecule has 1 heterocycles. The summed E-state index contributed by atoms with van der Waals surface area (Å²) in [6.45, 7) is 4.64. The van der Waals surface area contributed by atoms with Crippen molar-refractivity contribution in [2.45, 2.75) is 71.1 Å². The fourth-order valence-corrected chi connectivity index (χ4v) is 5.25. The van der Waals surface area contributed by atoms with E-state index >= 15 is 0 Å². The summed E-state index contributed by atoms with van der Waals surface area (Å²) < 4.78 is 7.05. The Balaban J connectivity index is 2.99. The number of carbonyl (C=O) groups is 2. The van der Waals surface area contributed by atoms with E-state index in [0.29, 0.717) is 23.9 Å². The lowest BCUT2D eigenvalue weighted by Gasteiger charge is -2.41. The molecule has 0 aromatic carbocycles. The van der Waals surface area contributed by atoms with Crippen LogP contribution < -0.4 is 10.6 Å². The Hall–Kier alpha value is -0.710. The zero-order valence-electron chi connectivity index (χ0n) is 17.4. The lowest BCUT2D eigenvalue weighted by Crippen LogP contribution is -2.68. The molecule has 0 atom stereocenters. The summed E-state index contributed by atoms with van der Waals surface area (Å²) >= 11 is 0. The van der Waals surface area contributed by atoms with E-state index in [1.54, 1.807) is 0 Å². The van der Waals surface area contributed by atoms with Gasteiger partial charge < -0.3 is 19.6 Å². The van der Waals surface area contributed by atoms with Gasteiger partial charge in [-0.15, -0.1) is 0 Å². The smallest absolute Gasteiger partial charge is 0.275 e. The molecule has 1 aliphatic heterocycles. The third-order valence-corrected chi connectivity index (χ3v) is 6.44. The highest BCUT2D eigenvalue weighted by atomic mass is 31.1. The molecule has 152 valence electrons. The minimum atomic E-state index is -1.11. The first kappa shape index (κ1) is 23.3. The Labute approximate surface area is 160 Å². The number of nitrogens with one attached hydrogen (secondary N) is 2. The summed E-state index contributed by atoms with van der Waals surface area (Å²) in [5, 5.41) is 6.13. The van der Waals surface area contributed by atoms with Crippen LogP contribution in [0.4, 0.5) is 0 Å². The summed E-state index contributed by atoms with van der Waals surface area (Å²) in [4.78, 5) is 25.1. The minimum Gasteiger partial charge on any atom is -0.325 e. The van der Waals surface area contributed by atoms with E-state index < -0.39 is 14.0 Å². The van der Waals surface area contributed by atoms with E-state index in [4.69, 9.17) is 4.52 Å². The van der Waals surface area contributed by atoms with Gasteiger partial charge in [-0.25, -0.2) is 0 Å². The number of carbonyl (C=O) groups excluding carboxylic acids is 2. The average Bonchev–Trinajstić information content (AvgIpc) is 3.01. The Morgan fingerprint density at radius 3 is 1.81 bits per heavy atom. The molecule has 0 aromatic rings. The molecule has 0 aromatic heterocycles. The van der Waals surface area contributed by atoms with Gasteiger partial charge in [0.15, 0.2) is 0 Å². The van der Waals surface area contributed by atoms with Crippen molar-refractivity contribution in [3.05, 3.63) is 0 Å². The van der Waals surface area contributed by atoms with E-state index in [0.717, 1.165) is 38.0 Å². The molecule has 0 aliphatic carbocycles. The molecule has 2 amide bonds. The van der Waals surface area contributed by atoms with Crippen LogP contribution in [0, 0.1) is 0 Å². The second-order valence-electron chi connectivity index (χ2n) is 8.31. The van der Waals surface area contributed by atoms with E-state index in [1.165, 1.54) is 12.8 Å². The Morgan fingerprint density at radius 1 is 0.962 bits per heavy atom. The lowest BCUT2D eigenvalue weighted by molar-refractivity contribution is -0.877. The van der Waals surface area contributed by atoms with Crippen molar-refractivity contribution in [3.8, 4) is 0 Å². The average molecular weight is 389 g/mol. The first-order valence-electron chi connectivity index (χ1n) is 10.1. The maximum Gasteiger partial charge on any atom is 0.275 e. The zero-order chi connectivity index (χ0) is 19.6. The first-order valence-corrected chi connectivity index (χ1v) is 11.7. The molecule has 7 heteroatoms. The molecule has 2 N–H and O–H groups in total. The van der Waals surface area contributed by atoms with Gasteiger partial charge in [-0.3, -0.25) is 9.59 Å². The van der Waals surface area contributed by atoms with Crippen LogP contribution in [0.2, 0.25) is 0 Å². The number of rotatable bonds is 12. The van der Waals surface area contributed by atoms with Crippen molar-refractivity contribution in [1.29, 1.82) is 0 Å². The Bertz CT molecular complexity index is 424. The van der Waals surface area contributed by atoms with E-state index in [2.05, 4.69) is 45.6 Å². The SMILES string of the molecule is CCCCC(=O)NC(C[N+](C)(C)C)(NC(=O)CCCC)OP1CCCC1. The van der Waals surface area contributed by atoms with Crippen molar-refractivity contribution in [3.63, 3.8) is 0 Å². The molecule has 0 saturated carbocycles. The number of quaternary nitrogens is 1. The Morgan fingerprint density at radius 2 is 1.42 bits per heavy atom. The maximum atomic E-state index is 12.5. The molecule has 1 aliphatic rings. The second kappa shape index (κ2) is 11.2. The zero-order valence-corrected chi connectivity index (χ0v) is 18.3. The predicted molar refractivity (Wildman–Crippen MR) is 108 cm³/mol.